The number of hydrogen-bond donors (Lipinski definition) is 1. The molecule has 1 amide bonds. The van der Waals surface area contributed by atoms with Gasteiger partial charge in [-0.1, -0.05) is 6.07 Å². The van der Waals surface area contributed by atoms with Crippen molar-refractivity contribution in [1.29, 1.82) is 0 Å². The first-order chi connectivity index (χ1) is 9.69. The maximum Gasteiger partial charge on any atom is 0.244 e. The molecule has 0 aromatic heterocycles. The van der Waals surface area contributed by atoms with Crippen LogP contribution in [-0.2, 0) is 9.53 Å². The molecule has 2 rings (SSSR count). The Morgan fingerprint density at radius 3 is 3.10 bits per heavy atom. The quantitative estimate of drug-likeness (QED) is 0.839. The van der Waals surface area contributed by atoms with Crippen LogP contribution in [0.5, 0.6) is 5.75 Å². The minimum absolute atomic E-state index is 0.104. The van der Waals surface area contributed by atoms with Crippen molar-refractivity contribution >= 4 is 27.9 Å². The van der Waals surface area contributed by atoms with E-state index in [0.29, 0.717) is 6.54 Å². The van der Waals surface area contributed by atoms with E-state index in [1.54, 1.807) is 13.2 Å². The predicted octanol–water partition coefficient (Wildman–Crippen LogP) is 2.77. The number of nitrogens with one attached hydrogen (secondary N) is 1. The molecule has 20 heavy (non-hydrogen) atoms. The average Bonchev–Trinajstić information content (AvgIpc) is 2.96. The van der Waals surface area contributed by atoms with Gasteiger partial charge in [-0.15, -0.1) is 0 Å². The Balaban J connectivity index is 1.84. The molecule has 1 aliphatic heterocycles. The topological polar surface area (TPSA) is 47.6 Å². The SMILES string of the molecule is COc1ccc(/C=C/C(=O)NC[C@H]2CCCO2)cc1Br. The zero-order chi connectivity index (χ0) is 14.4. The second-order valence-corrected chi connectivity index (χ2v) is 5.46. The summed E-state index contributed by atoms with van der Waals surface area (Å²) < 4.78 is 11.5. The van der Waals surface area contributed by atoms with E-state index in [-0.39, 0.29) is 12.0 Å². The summed E-state index contributed by atoms with van der Waals surface area (Å²) in [6.45, 7) is 1.38. The van der Waals surface area contributed by atoms with Gasteiger partial charge in [0.15, 0.2) is 0 Å². The van der Waals surface area contributed by atoms with Gasteiger partial charge in [0.25, 0.3) is 0 Å². The summed E-state index contributed by atoms with van der Waals surface area (Å²) in [6, 6.07) is 5.66. The van der Waals surface area contributed by atoms with Crippen molar-refractivity contribution in [3.8, 4) is 5.75 Å². The first-order valence-corrected chi connectivity index (χ1v) is 7.39. The molecule has 1 aromatic rings. The van der Waals surface area contributed by atoms with Gasteiger partial charge >= 0.3 is 0 Å². The maximum atomic E-state index is 11.7. The standard InChI is InChI=1S/C15H18BrNO3/c1-19-14-6-4-11(9-13(14)16)5-7-15(18)17-10-12-3-2-8-20-12/h4-7,9,12H,2-3,8,10H2,1H3,(H,17,18)/b7-5+/t12-/m1/s1. The Kier molecular flexibility index (Phi) is 5.61. The Bertz CT molecular complexity index is 496. The Hall–Kier alpha value is -1.33. The van der Waals surface area contributed by atoms with Gasteiger partial charge in [0.1, 0.15) is 5.75 Å². The molecular weight excluding hydrogens is 322 g/mol. The first kappa shape index (κ1) is 15.1. The minimum Gasteiger partial charge on any atom is -0.496 e. The monoisotopic (exact) mass is 339 g/mol. The number of ether oxygens (including phenoxy) is 2. The maximum absolute atomic E-state index is 11.7. The summed E-state index contributed by atoms with van der Waals surface area (Å²) in [4.78, 5) is 11.7. The van der Waals surface area contributed by atoms with Crippen LogP contribution >= 0.6 is 15.9 Å². The van der Waals surface area contributed by atoms with Gasteiger partial charge in [-0.2, -0.15) is 0 Å². The van der Waals surface area contributed by atoms with Crippen molar-refractivity contribution in [2.45, 2.75) is 18.9 Å². The van der Waals surface area contributed by atoms with E-state index in [0.717, 1.165) is 35.2 Å². The normalized spacial score (nSPS) is 18.4. The van der Waals surface area contributed by atoms with Gasteiger partial charge in [-0.05, 0) is 52.5 Å². The lowest BCUT2D eigenvalue weighted by atomic mass is 10.2. The zero-order valence-electron chi connectivity index (χ0n) is 11.4. The second kappa shape index (κ2) is 7.45. The molecule has 1 saturated heterocycles. The van der Waals surface area contributed by atoms with Crippen molar-refractivity contribution in [3.05, 3.63) is 34.3 Å². The third-order valence-corrected chi connectivity index (χ3v) is 3.75. The predicted molar refractivity (Wildman–Crippen MR) is 81.7 cm³/mol. The highest BCUT2D eigenvalue weighted by atomic mass is 79.9. The van der Waals surface area contributed by atoms with E-state index >= 15 is 0 Å². The third-order valence-electron chi connectivity index (χ3n) is 3.13. The number of amides is 1. The lowest BCUT2D eigenvalue weighted by molar-refractivity contribution is -0.116. The van der Waals surface area contributed by atoms with Crippen LogP contribution in [-0.4, -0.2) is 32.3 Å². The summed E-state index contributed by atoms with van der Waals surface area (Å²) in [6.07, 6.45) is 5.58. The van der Waals surface area contributed by atoms with Gasteiger partial charge in [-0.3, -0.25) is 4.79 Å². The van der Waals surface area contributed by atoms with Crippen molar-refractivity contribution in [1.82, 2.24) is 5.32 Å². The molecule has 108 valence electrons. The lowest BCUT2D eigenvalue weighted by Crippen LogP contribution is -2.30. The highest BCUT2D eigenvalue weighted by Gasteiger charge is 2.15. The number of halogens is 1. The fourth-order valence-corrected chi connectivity index (χ4v) is 2.60. The van der Waals surface area contributed by atoms with Gasteiger partial charge in [0.05, 0.1) is 17.7 Å². The summed E-state index contributed by atoms with van der Waals surface area (Å²) in [5.41, 5.74) is 0.935. The summed E-state index contributed by atoms with van der Waals surface area (Å²) in [5, 5.41) is 2.84. The fourth-order valence-electron chi connectivity index (χ4n) is 2.04. The Labute approximate surface area is 127 Å². The summed E-state index contributed by atoms with van der Waals surface area (Å²) in [7, 11) is 1.62. The third kappa shape index (κ3) is 4.35. The molecule has 4 nitrogen and oxygen atoms in total. The number of hydrogen-bond acceptors (Lipinski definition) is 3. The van der Waals surface area contributed by atoms with E-state index in [2.05, 4.69) is 21.2 Å². The molecule has 0 saturated carbocycles. The zero-order valence-corrected chi connectivity index (χ0v) is 13.0. The summed E-state index contributed by atoms with van der Waals surface area (Å²) in [5.74, 6) is 0.664. The van der Waals surface area contributed by atoms with Crippen LogP contribution in [0.4, 0.5) is 0 Å². The van der Waals surface area contributed by atoms with E-state index in [1.807, 2.05) is 18.2 Å². The first-order valence-electron chi connectivity index (χ1n) is 6.60. The molecule has 0 aliphatic carbocycles. The van der Waals surface area contributed by atoms with Gasteiger partial charge in [0, 0.05) is 19.2 Å². The van der Waals surface area contributed by atoms with Crippen molar-refractivity contribution in [2.24, 2.45) is 0 Å². The van der Waals surface area contributed by atoms with E-state index < -0.39 is 0 Å². The molecule has 0 unspecified atom stereocenters. The smallest absolute Gasteiger partial charge is 0.244 e. The number of carbonyl (C=O) groups is 1. The van der Waals surface area contributed by atoms with Crippen molar-refractivity contribution in [2.75, 3.05) is 20.3 Å². The molecule has 1 N–H and O–H groups in total. The highest BCUT2D eigenvalue weighted by Crippen LogP contribution is 2.25. The average molecular weight is 340 g/mol. The molecule has 1 aliphatic rings. The fraction of sp³-hybridized carbons (Fsp3) is 0.400. The lowest BCUT2D eigenvalue weighted by Gasteiger charge is -2.08. The van der Waals surface area contributed by atoms with E-state index in [9.17, 15) is 4.79 Å². The highest BCUT2D eigenvalue weighted by molar-refractivity contribution is 9.10. The van der Waals surface area contributed by atoms with Crippen molar-refractivity contribution < 1.29 is 14.3 Å². The van der Waals surface area contributed by atoms with Gasteiger partial charge in [-0.25, -0.2) is 0 Å². The number of carbonyl (C=O) groups excluding carboxylic acids is 1. The molecule has 1 heterocycles. The molecule has 1 aromatic carbocycles. The van der Waals surface area contributed by atoms with Crippen LogP contribution in [0.25, 0.3) is 6.08 Å². The number of rotatable bonds is 5. The molecule has 0 spiro atoms. The molecule has 0 radical (unpaired) electrons. The van der Waals surface area contributed by atoms with Crippen molar-refractivity contribution in [3.63, 3.8) is 0 Å². The van der Waals surface area contributed by atoms with Gasteiger partial charge < -0.3 is 14.8 Å². The molecule has 5 heteroatoms. The van der Waals surface area contributed by atoms with Crippen LogP contribution in [0.15, 0.2) is 28.7 Å². The number of methoxy groups -OCH3 is 1. The Morgan fingerprint density at radius 1 is 1.60 bits per heavy atom. The van der Waals surface area contributed by atoms with Gasteiger partial charge in [0.2, 0.25) is 5.91 Å². The molecular formula is C15H18BrNO3. The molecule has 0 bridgehead atoms. The van der Waals surface area contributed by atoms with Crippen LogP contribution < -0.4 is 10.1 Å². The van der Waals surface area contributed by atoms with Crippen LogP contribution in [0.3, 0.4) is 0 Å². The van der Waals surface area contributed by atoms with Crippen LogP contribution in [0, 0.1) is 0 Å². The van der Waals surface area contributed by atoms with E-state index in [1.165, 1.54) is 6.08 Å². The molecule has 1 fully saturated rings. The largest absolute Gasteiger partial charge is 0.496 e. The van der Waals surface area contributed by atoms with Crippen LogP contribution in [0.2, 0.25) is 0 Å². The number of benzene rings is 1. The summed E-state index contributed by atoms with van der Waals surface area (Å²) >= 11 is 3.41. The Morgan fingerprint density at radius 2 is 2.45 bits per heavy atom. The minimum atomic E-state index is -0.104. The van der Waals surface area contributed by atoms with Crippen LogP contribution in [0.1, 0.15) is 18.4 Å². The van der Waals surface area contributed by atoms with E-state index in [4.69, 9.17) is 9.47 Å². The molecule has 1 atom stereocenters. The second-order valence-electron chi connectivity index (χ2n) is 4.61.